The second-order valence-corrected chi connectivity index (χ2v) is 3.44. The number of terminal acetylenes is 1. The van der Waals surface area contributed by atoms with E-state index < -0.39 is 0 Å². The predicted molar refractivity (Wildman–Crippen MR) is 57.9 cm³/mol. The van der Waals surface area contributed by atoms with Gasteiger partial charge in [-0.15, -0.1) is 6.42 Å². The first-order valence-electron chi connectivity index (χ1n) is 5.27. The summed E-state index contributed by atoms with van der Waals surface area (Å²) in [6, 6.07) is 0.0613. The molecule has 1 atom stereocenters. The summed E-state index contributed by atoms with van der Waals surface area (Å²) in [5.41, 5.74) is 2.62. The lowest BCUT2D eigenvalue weighted by Crippen LogP contribution is -2.33. The molecule has 0 aliphatic carbocycles. The maximum atomic E-state index is 5.25. The molecule has 0 amide bonds. The first-order chi connectivity index (χ1) is 6.35. The number of rotatable bonds is 8. The van der Waals surface area contributed by atoms with Gasteiger partial charge in [0.25, 0.3) is 0 Å². The number of unbranched alkanes of at least 4 members (excludes halogenated alkanes) is 5. The van der Waals surface area contributed by atoms with Crippen molar-refractivity contribution >= 4 is 0 Å². The summed E-state index contributed by atoms with van der Waals surface area (Å²) in [5.74, 6) is 7.87. The molecule has 76 valence electrons. The minimum Gasteiger partial charge on any atom is -0.270 e. The van der Waals surface area contributed by atoms with Crippen molar-refractivity contribution in [3.8, 4) is 12.3 Å². The molecule has 0 radical (unpaired) electrons. The number of nitrogens with two attached hydrogens (primary N) is 1. The van der Waals surface area contributed by atoms with Gasteiger partial charge in [0.05, 0.1) is 6.04 Å². The van der Waals surface area contributed by atoms with Crippen LogP contribution in [-0.2, 0) is 0 Å². The van der Waals surface area contributed by atoms with Crippen LogP contribution in [0.4, 0.5) is 0 Å². The van der Waals surface area contributed by atoms with E-state index in [2.05, 4.69) is 18.3 Å². The molecule has 1 unspecified atom stereocenters. The van der Waals surface area contributed by atoms with Crippen LogP contribution in [0, 0.1) is 12.3 Å². The standard InChI is InChI=1S/C11H22N2/c1-3-5-6-7-8-9-10-11(4-2)13-12/h2,11,13H,3,5-10,12H2,1H3. The molecule has 2 nitrogen and oxygen atoms in total. The van der Waals surface area contributed by atoms with Gasteiger partial charge in [0.2, 0.25) is 0 Å². The molecular formula is C11H22N2. The topological polar surface area (TPSA) is 38.0 Å². The van der Waals surface area contributed by atoms with Gasteiger partial charge in [-0.3, -0.25) is 5.84 Å². The van der Waals surface area contributed by atoms with Crippen molar-refractivity contribution in [3.63, 3.8) is 0 Å². The number of hydrogen-bond donors (Lipinski definition) is 2. The summed E-state index contributed by atoms with van der Waals surface area (Å²) < 4.78 is 0. The molecule has 0 aliphatic rings. The molecule has 0 rings (SSSR count). The third-order valence-electron chi connectivity index (χ3n) is 2.25. The van der Waals surface area contributed by atoms with Crippen LogP contribution in [-0.4, -0.2) is 6.04 Å². The van der Waals surface area contributed by atoms with Crippen molar-refractivity contribution in [2.75, 3.05) is 0 Å². The van der Waals surface area contributed by atoms with E-state index >= 15 is 0 Å². The minimum absolute atomic E-state index is 0.0613. The summed E-state index contributed by atoms with van der Waals surface area (Å²) >= 11 is 0. The molecule has 0 saturated carbocycles. The Labute approximate surface area is 82.2 Å². The molecule has 0 fully saturated rings. The van der Waals surface area contributed by atoms with Crippen molar-refractivity contribution < 1.29 is 0 Å². The monoisotopic (exact) mass is 182 g/mol. The minimum atomic E-state index is 0.0613. The Morgan fingerprint density at radius 1 is 1.23 bits per heavy atom. The van der Waals surface area contributed by atoms with Crippen LogP contribution in [0.2, 0.25) is 0 Å². The van der Waals surface area contributed by atoms with Crippen LogP contribution in [0.3, 0.4) is 0 Å². The van der Waals surface area contributed by atoms with Gasteiger partial charge in [-0.1, -0.05) is 51.4 Å². The molecule has 0 aromatic heterocycles. The summed E-state index contributed by atoms with van der Waals surface area (Å²) in [7, 11) is 0. The fourth-order valence-electron chi connectivity index (χ4n) is 1.34. The molecule has 0 aliphatic heterocycles. The Hall–Kier alpha value is -0.520. The Morgan fingerprint density at radius 3 is 2.38 bits per heavy atom. The molecule has 0 aromatic rings. The zero-order valence-corrected chi connectivity index (χ0v) is 8.68. The van der Waals surface area contributed by atoms with Crippen LogP contribution in [0.25, 0.3) is 0 Å². The van der Waals surface area contributed by atoms with Crippen molar-refractivity contribution in [1.29, 1.82) is 0 Å². The molecule has 13 heavy (non-hydrogen) atoms. The molecular weight excluding hydrogens is 160 g/mol. The highest BCUT2D eigenvalue weighted by molar-refractivity contribution is 4.97. The average Bonchev–Trinajstić information content (AvgIpc) is 2.17. The molecule has 2 heteroatoms. The highest BCUT2D eigenvalue weighted by Gasteiger charge is 1.99. The SMILES string of the molecule is C#CC(CCCCCCCC)NN. The average molecular weight is 182 g/mol. The van der Waals surface area contributed by atoms with E-state index in [4.69, 9.17) is 12.3 Å². The summed E-state index contributed by atoms with van der Waals surface area (Å²) in [4.78, 5) is 0. The fourth-order valence-corrected chi connectivity index (χ4v) is 1.34. The highest BCUT2D eigenvalue weighted by Crippen LogP contribution is 2.07. The smallest absolute Gasteiger partial charge is 0.0814 e. The van der Waals surface area contributed by atoms with Crippen LogP contribution in [0.15, 0.2) is 0 Å². The van der Waals surface area contributed by atoms with E-state index in [1.54, 1.807) is 0 Å². The van der Waals surface area contributed by atoms with Crippen LogP contribution in [0.1, 0.15) is 51.9 Å². The van der Waals surface area contributed by atoms with Gasteiger partial charge in [0.1, 0.15) is 0 Å². The van der Waals surface area contributed by atoms with Gasteiger partial charge in [0.15, 0.2) is 0 Å². The molecule has 0 bridgehead atoms. The van der Waals surface area contributed by atoms with E-state index in [0.717, 1.165) is 6.42 Å². The molecule has 0 heterocycles. The molecule has 0 aromatic carbocycles. The Balaban J connectivity index is 3.11. The second-order valence-electron chi connectivity index (χ2n) is 3.44. The van der Waals surface area contributed by atoms with Gasteiger partial charge in [0, 0.05) is 0 Å². The van der Waals surface area contributed by atoms with Gasteiger partial charge >= 0.3 is 0 Å². The summed E-state index contributed by atoms with van der Waals surface area (Å²) in [5, 5.41) is 0. The third-order valence-corrected chi connectivity index (χ3v) is 2.25. The lowest BCUT2D eigenvalue weighted by atomic mass is 10.1. The lowest BCUT2D eigenvalue weighted by Gasteiger charge is -2.07. The highest BCUT2D eigenvalue weighted by atomic mass is 15.2. The predicted octanol–water partition coefficient (Wildman–Crippen LogP) is 2.20. The fraction of sp³-hybridized carbons (Fsp3) is 0.818. The maximum absolute atomic E-state index is 5.25. The second kappa shape index (κ2) is 9.57. The quantitative estimate of drug-likeness (QED) is 0.261. The van der Waals surface area contributed by atoms with Gasteiger partial charge < -0.3 is 0 Å². The summed E-state index contributed by atoms with van der Waals surface area (Å²) in [6.07, 6.45) is 14.1. The molecule has 3 N–H and O–H groups in total. The van der Waals surface area contributed by atoms with E-state index in [9.17, 15) is 0 Å². The van der Waals surface area contributed by atoms with Crippen molar-refractivity contribution in [3.05, 3.63) is 0 Å². The maximum Gasteiger partial charge on any atom is 0.0814 e. The van der Waals surface area contributed by atoms with Crippen molar-refractivity contribution in [2.45, 2.75) is 57.9 Å². The largest absolute Gasteiger partial charge is 0.270 e. The number of nitrogens with one attached hydrogen (secondary N) is 1. The van der Waals surface area contributed by atoms with Crippen molar-refractivity contribution in [1.82, 2.24) is 5.43 Å². The van der Waals surface area contributed by atoms with Gasteiger partial charge in [-0.05, 0) is 6.42 Å². The number of hydrogen-bond acceptors (Lipinski definition) is 2. The molecule has 0 saturated heterocycles. The van der Waals surface area contributed by atoms with Crippen LogP contribution >= 0.6 is 0 Å². The number of hydrazine groups is 1. The Morgan fingerprint density at radius 2 is 1.85 bits per heavy atom. The van der Waals surface area contributed by atoms with E-state index in [1.807, 2.05) is 0 Å². The molecule has 0 spiro atoms. The zero-order valence-electron chi connectivity index (χ0n) is 8.68. The van der Waals surface area contributed by atoms with E-state index in [1.165, 1.54) is 38.5 Å². The summed E-state index contributed by atoms with van der Waals surface area (Å²) in [6.45, 7) is 2.23. The first-order valence-corrected chi connectivity index (χ1v) is 5.27. The third kappa shape index (κ3) is 7.83. The van der Waals surface area contributed by atoms with E-state index in [0.29, 0.717) is 0 Å². The van der Waals surface area contributed by atoms with Gasteiger partial charge in [-0.25, -0.2) is 5.43 Å². The normalized spacial score (nSPS) is 12.4. The lowest BCUT2D eigenvalue weighted by molar-refractivity contribution is 0.528. The van der Waals surface area contributed by atoms with Crippen molar-refractivity contribution in [2.24, 2.45) is 5.84 Å². The first kappa shape index (κ1) is 12.5. The van der Waals surface area contributed by atoms with Gasteiger partial charge in [-0.2, -0.15) is 0 Å². The Kier molecular flexibility index (Phi) is 9.18. The van der Waals surface area contributed by atoms with Crippen LogP contribution in [0.5, 0.6) is 0 Å². The Bertz CT molecular complexity index is 138. The van der Waals surface area contributed by atoms with E-state index in [-0.39, 0.29) is 6.04 Å². The van der Waals surface area contributed by atoms with Crippen LogP contribution < -0.4 is 11.3 Å². The zero-order chi connectivity index (χ0) is 9.94.